The molecule has 0 radical (unpaired) electrons. The monoisotopic (exact) mass is 297 g/mol. The highest BCUT2D eigenvalue weighted by Crippen LogP contribution is 2.39. The molecule has 1 aliphatic carbocycles. The third-order valence-corrected chi connectivity index (χ3v) is 5.29. The van der Waals surface area contributed by atoms with Gasteiger partial charge in [0.1, 0.15) is 5.41 Å². The van der Waals surface area contributed by atoms with Crippen LogP contribution in [0.5, 0.6) is 0 Å². The average molecular weight is 297 g/mol. The number of likely N-dealkylation sites (tertiary alicyclic amines) is 1. The van der Waals surface area contributed by atoms with Crippen molar-refractivity contribution in [1.82, 2.24) is 4.90 Å². The van der Waals surface area contributed by atoms with E-state index in [9.17, 15) is 9.90 Å². The van der Waals surface area contributed by atoms with Crippen molar-refractivity contribution in [1.29, 1.82) is 0 Å². The second-order valence-corrected chi connectivity index (χ2v) is 6.50. The summed E-state index contributed by atoms with van der Waals surface area (Å²) in [7, 11) is 0. The standard InChI is InChI=1S/C15H27N3O3/c1-11-6-9-18(12(11)10-19)14(20)15(13(16)17-21)7-4-2-3-5-8-15/h11-12,19,21H,2-10H2,1H3,(H2,16,17). The van der Waals surface area contributed by atoms with Crippen molar-refractivity contribution in [3.8, 4) is 0 Å². The van der Waals surface area contributed by atoms with Gasteiger partial charge in [-0.15, -0.1) is 0 Å². The van der Waals surface area contributed by atoms with E-state index in [1.165, 1.54) is 0 Å². The van der Waals surface area contributed by atoms with Gasteiger partial charge in [0.15, 0.2) is 5.84 Å². The van der Waals surface area contributed by atoms with E-state index in [0.717, 1.165) is 32.1 Å². The number of aliphatic hydroxyl groups excluding tert-OH is 1. The summed E-state index contributed by atoms with van der Waals surface area (Å²) in [6, 6.07) is -0.149. The van der Waals surface area contributed by atoms with Gasteiger partial charge in [-0.1, -0.05) is 37.8 Å². The number of hydrogen-bond donors (Lipinski definition) is 3. The average Bonchev–Trinajstić information content (AvgIpc) is 2.72. The van der Waals surface area contributed by atoms with Crippen molar-refractivity contribution in [2.75, 3.05) is 13.2 Å². The fraction of sp³-hybridized carbons (Fsp3) is 0.867. The number of aliphatic hydroxyl groups is 1. The second kappa shape index (κ2) is 6.64. The number of nitrogens with zero attached hydrogens (tertiary/aromatic N) is 2. The first kappa shape index (κ1) is 16.1. The number of carbonyl (C=O) groups is 1. The number of rotatable bonds is 3. The Bertz CT molecular complexity index is 403. The van der Waals surface area contributed by atoms with Crippen LogP contribution >= 0.6 is 0 Å². The molecule has 0 aromatic heterocycles. The molecule has 2 unspecified atom stereocenters. The van der Waals surface area contributed by atoms with Gasteiger partial charge in [-0.05, 0) is 25.2 Å². The van der Waals surface area contributed by atoms with Crippen LogP contribution in [0.1, 0.15) is 51.9 Å². The molecule has 0 spiro atoms. The Morgan fingerprint density at radius 3 is 2.48 bits per heavy atom. The third-order valence-electron chi connectivity index (χ3n) is 5.29. The molecule has 0 aromatic carbocycles. The molecule has 1 heterocycles. The van der Waals surface area contributed by atoms with Gasteiger partial charge in [0.05, 0.1) is 12.6 Å². The van der Waals surface area contributed by atoms with E-state index in [1.54, 1.807) is 4.90 Å². The number of amides is 1. The molecule has 21 heavy (non-hydrogen) atoms. The molecule has 2 atom stereocenters. The molecular formula is C15H27N3O3. The maximum Gasteiger partial charge on any atom is 0.236 e. The van der Waals surface area contributed by atoms with Crippen LogP contribution in [0.25, 0.3) is 0 Å². The van der Waals surface area contributed by atoms with Gasteiger partial charge in [-0.3, -0.25) is 4.79 Å². The zero-order valence-corrected chi connectivity index (χ0v) is 12.8. The van der Waals surface area contributed by atoms with E-state index in [1.807, 2.05) is 0 Å². The van der Waals surface area contributed by atoms with Gasteiger partial charge in [-0.25, -0.2) is 0 Å². The topological polar surface area (TPSA) is 99.2 Å². The Hall–Kier alpha value is -1.30. The molecule has 2 rings (SSSR count). The van der Waals surface area contributed by atoms with E-state index in [-0.39, 0.29) is 30.3 Å². The summed E-state index contributed by atoms with van der Waals surface area (Å²) < 4.78 is 0. The van der Waals surface area contributed by atoms with Crippen molar-refractivity contribution in [3.63, 3.8) is 0 Å². The molecule has 120 valence electrons. The second-order valence-electron chi connectivity index (χ2n) is 6.50. The Morgan fingerprint density at radius 1 is 1.33 bits per heavy atom. The largest absolute Gasteiger partial charge is 0.409 e. The van der Waals surface area contributed by atoms with Crippen molar-refractivity contribution in [2.45, 2.75) is 57.9 Å². The summed E-state index contributed by atoms with van der Waals surface area (Å²) >= 11 is 0. The molecule has 1 saturated carbocycles. The molecular weight excluding hydrogens is 270 g/mol. The first-order chi connectivity index (χ1) is 10.1. The molecule has 2 fully saturated rings. The zero-order chi connectivity index (χ0) is 15.5. The SMILES string of the molecule is CC1CCN(C(=O)C2(C(N)=NO)CCCCCC2)C1CO. The van der Waals surface area contributed by atoms with E-state index in [4.69, 9.17) is 10.9 Å². The van der Waals surface area contributed by atoms with E-state index < -0.39 is 5.41 Å². The Balaban J connectivity index is 2.30. The zero-order valence-electron chi connectivity index (χ0n) is 12.8. The van der Waals surface area contributed by atoms with E-state index in [0.29, 0.717) is 19.4 Å². The minimum atomic E-state index is -0.886. The smallest absolute Gasteiger partial charge is 0.236 e. The molecule has 1 amide bonds. The number of carbonyl (C=O) groups excluding carboxylic acids is 1. The van der Waals surface area contributed by atoms with E-state index >= 15 is 0 Å². The van der Waals surface area contributed by atoms with Crippen molar-refractivity contribution in [2.24, 2.45) is 22.2 Å². The van der Waals surface area contributed by atoms with Gasteiger partial charge < -0.3 is 20.9 Å². The molecule has 1 saturated heterocycles. The lowest BCUT2D eigenvalue weighted by molar-refractivity contribution is -0.141. The molecule has 0 bridgehead atoms. The molecule has 1 aliphatic heterocycles. The molecule has 4 N–H and O–H groups in total. The molecule has 2 aliphatic rings. The van der Waals surface area contributed by atoms with Crippen LogP contribution in [0.15, 0.2) is 5.16 Å². The number of nitrogens with two attached hydrogens (primary N) is 1. The minimum Gasteiger partial charge on any atom is -0.409 e. The van der Waals surface area contributed by atoms with Gasteiger partial charge >= 0.3 is 0 Å². The highest BCUT2D eigenvalue weighted by atomic mass is 16.4. The quantitative estimate of drug-likeness (QED) is 0.240. The van der Waals surface area contributed by atoms with Crippen LogP contribution in [0.2, 0.25) is 0 Å². The van der Waals surface area contributed by atoms with Crippen LogP contribution in [0, 0.1) is 11.3 Å². The predicted octanol–water partition coefficient (Wildman–Crippen LogP) is 1.30. The maximum atomic E-state index is 13.1. The normalized spacial score (nSPS) is 30.2. The fourth-order valence-corrected chi connectivity index (χ4v) is 3.82. The first-order valence-electron chi connectivity index (χ1n) is 7.96. The number of amidine groups is 1. The highest BCUT2D eigenvalue weighted by Gasteiger charge is 2.48. The van der Waals surface area contributed by atoms with Gasteiger partial charge in [0.25, 0.3) is 0 Å². The van der Waals surface area contributed by atoms with Gasteiger partial charge in [-0.2, -0.15) is 0 Å². The number of hydrogen-bond acceptors (Lipinski definition) is 4. The highest BCUT2D eigenvalue weighted by molar-refractivity contribution is 6.07. The lowest BCUT2D eigenvalue weighted by Crippen LogP contribution is -2.53. The van der Waals surface area contributed by atoms with Crippen LogP contribution in [0.3, 0.4) is 0 Å². The molecule has 6 nitrogen and oxygen atoms in total. The fourth-order valence-electron chi connectivity index (χ4n) is 3.82. The summed E-state index contributed by atoms with van der Waals surface area (Å²) in [6.45, 7) is 2.67. The first-order valence-corrected chi connectivity index (χ1v) is 7.96. The van der Waals surface area contributed by atoms with Crippen LogP contribution in [-0.2, 0) is 4.79 Å². The number of oxime groups is 1. The van der Waals surface area contributed by atoms with Crippen LogP contribution in [0.4, 0.5) is 0 Å². The van der Waals surface area contributed by atoms with E-state index in [2.05, 4.69) is 12.1 Å². The summed E-state index contributed by atoms with van der Waals surface area (Å²) in [4.78, 5) is 14.9. The Labute approximate surface area is 126 Å². The predicted molar refractivity (Wildman–Crippen MR) is 79.9 cm³/mol. The van der Waals surface area contributed by atoms with Crippen molar-refractivity contribution >= 4 is 11.7 Å². The summed E-state index contributed by atoms with van der Waals surface area (Å²) in [5.41, 5.74) is 5.05. The van der Waals surface area contributed by atoms with Gasteiger partial charge in [0.2, 0.25) is 5.91 Å². The third kappa shape index (κ3) is 2.86. The lowest BCUT2D eigenvalue weighted by atomic mass is 9.77. The molecule has 6 heteroatoms. The summed E-state index contributed by atoms with van der Waals surface area (Å²) in [5, 5.41) is 21.9. The molecule has 0 aromatic rings. The minimum absolute atomic E-state index is 0.0286. The van der Waals surface area contributed by atoms with Crippen LogP contribution < -0.4 is 5.73 Å². The van der Waals surface area contributed by atoms with Crippen LogP contribution in [-0.4, -0.2) is 46.1 Å². The van der Waals surface area contributed by atoms with Crippen molar-refractivity contribution in [3.05, 3.63) is 0 Å². The Kier molecular flexibility index (Phi) is 5.08. The Morgan fingerprint density at radius 2 is 1.95 bits per heavy atom. The lowest BCUT2D eigenvalue weighted by Gasteiger charge is -2.36. The summed E-state index contributed by atoms with van der Waals surface area (Å²) in [5.74, 6) is 0.253. The van der Waals surface area contributed by atoms with Crippen molar-refractivity contribution < 1.29 is 15.1 Å². The maximum absolute atomic E-state index is 13.1. The van der Waals surface area contributed by atoms with Gasteiger partial charge in [0, 0.05) is 6.54 Å². The summed E-state index contributed by atoms with van der Waals surface area (Å²) in [6.07, 6.45) is 6.13.